The van der Waals surface area contributed by atoms with Crippen LogP contribution in [0.25, 0.3) is 0 Å². The van der Waals surface area contributed by atoms with Crippen LogP contribution in [0.15, 0.2) is 0 Å². The van der Waals surface area contributed by atoms with Crippen LogP contribution >= 0.6 is 0 Å². The molecule has 7 fully saturated rings. The molecule has 0 aromatic heterocycles. The number of hydrogen-bond acceptors (Lipinski definition) is 0. The van der Waals surface area contributed by atoms with Crippen LogP contribution in [-0.4, -0.2) is 0 Å². The van der Waals surface area contributed by atoms with Crippen LogP contribution in [-0.2, 0) is 0 Å². The van der Waals surface area contributed by atoms with Gasteiger partial charge in [-0.25, -0.2) is 0 Å². The summed E-state index contributed by atoms with van der Waals surface area (Å²) in [7, 11) is 0. The van der Waals surface area contributed by atoms with E-state index in [0.717, 1.165) is 81.8 Å². The Morgan fingerprint density at radius 3 is 0.873 bits per heavy atom. The maximum absolute atomic E-state index is 2.37. The van der Waals surface area contributed by atoms with E-state index in [2.05, 4.69) is 166 Å². The lowest BCUT2D eigenvalue weighted by atomic mass is 9.72. The fraction of sp³-hybridized carbons (Fsp3) is 1.00. The van der Waals surface area contributed by atoms with E-state index in [1.165, 1.54) is 193 Å². The molecule has 0 aromatic carbocycles. The van der Waals surface area contributed by atoms with Crippen molar-refractivity contribution >= 4 is 0 Å². The molecule has 0 radical (unpaired) electrons. The predicted octanol–water partition coefficient (Wildman–Crippen LogP) is 26.7. The molecule has 7 rings (SSSR count). The lowest BCUT2D eigenvalue weighted by Gasteiger charge is -2.33. The normalized spacial score (nSPS) is 23.6. The third-order valence-electron chi connectivity index (χ3n) is 17.2. The van der Waals surface area contributed by atoms with Crippen molar-refractivity contribution in [3.8, 4) is 0 Å². The molecule has 0 nitrogen and oxygen atoms in total. The zero-order valence-corrected chi connectivity index (χ0v) is 55.3. The number of hydrogen-bond donors (Lipinski definition) is 0. The Labute approximate surface area is 457 Å². The summed E-state index contributed by atoms with van der Waals surface area (Å²) >= 11 is 0. The molecule has 0 aromatic rings. The average Bonchev–Trinajstić information content (AvgIpc) is 4.13. The fourth-order valence-corrected chi connectivity index (χ4v) is 10.0. The molecule has 4 atom stereocenters. The Hall–Kier alpha value is 0. The van der Waals surface area contributed by atoms with Gasteiger partial charge in [0.05, 0.1) is 0 Å². The average molecular weight is 1000 g/mol. The molecule has 0 bridgehead atoms. The minimum atomic E-state index is 0.722. The Kier molecular flexibility index (Phi) is 55.4. The molecule has 1 spiro atoms. The molecule has 0 amide bonds. The monoisotopic (exact) mass is 1000 g/mol. The molecule has 7 saturated carbocycles. The smallest absolute Gasteiger partial charge is 0.0268 e. The molecule has 434 valence electrons. The molecule has 71 heavy (non-hydrogen) atoms. The van der Waals surface area contributed by atoms with Crippen molar-refractivity contribution in [3.63, 3.8) is 0 Å². The van der Waals surface area contributed by atoms with Gasteiger partial charge in [0, 0.05) is 0 Å². The maximum Gasteiger partial charge on any atom is -0.0268 e. The van der Waals surface area contributed by atoms with Gasteiger partial charge in [0.25, 0.3) is 0 Å². The Balaban J connectivity index is -0.000000348. The molecular formula is C71H150. The predicted molar refractivity (Wildman–Crippen MR) is 335 cm³/mol. The third-order valence-corrected chi connectivity index (χ3v) is 17.2. The minimum Gasteiger partial charge on any atom is -0.0654 e. The van der Waals surface area contributed by atoms with Crippen LogP contribution in [0.4, 0.5) is 0 Å². The summed E-state index contributed by atoms with van der Waals surface area (Å²) in [5.74, 6) is 11.9. The Morgan fingerprint density at radius 1 is 0.408 bits per heavy atom. The van der Waals surface area contributed by atoms with Crippen molar-refractivity contribution in [2.45, 2.75) is 378 Å². The van der Waals surface area contributed by atoms with Crippen LogP contribution in [0.5, 0.6) is 0 Å². The lowest BCUT2D eigenvalue weighted by Crippen LogP contribution is -2.20. The standard InChI is InChI=1S/5C7H16.C6H10.5C6H12/c1-6(2)5-7(3)4;2*1-4-5-6-7(2)3;1-4-6-7(3)5-2;1-3-5-7-6-4-2;1-5-4-6(5)2-3-6;1-5-3-6(2)4-5;1-6(2)4-3-5-6;1-5-3-4-6(5)2;1-6-4-2-3-5-6;1-2-6-4-3-5-6/h6-7H,5H2,1-4H3;3*7H,4-6H2,1-3H3;3-7H2,1-2H3;5H,2-4H2,1H3;5-6H,3-4H2,1-2H3;3-5H2,1-2H3;5-6H,3-4H2,1-2H3;2*6H,2-5H2,1H3/t;;;7-;;5-;;;5-,6?;;/m...1.0..1../s1. The maximum atomic E-state index is 2.37. The Bertz CT molecular complexity index is 946. The van der Waals surface area contributed by atoms with Crippen molar-refractivity contribution < 1.29 is 0 Å². The summed E-state index contributed by atoms with van der Waals surface area (Å²) < 4.78 is 0. The van der Waals surface area contributed by atoms with Crippen molar-refractivity contribution in [1.82, 2.24) is 0 Å². The number of rotatable bonds is 16. The summed E-state index contributed by atoms with van der Waals surface area (Å²) in [6, 6.07) is 0. The molecule has 0 N–H and O–H groups in total. The highest BCUT2D eigenvalue weighted by atomic mass is 14.6. The van der Waals surface area contributed by atoms with Crippen LogP contribution in [0.3, 0.4) is 0 Å². The first kappa shape index (κ1) is 77.5. The zero-order chi connectivity index (χ0) is 55.3. The van der Waals surface area contributed by atoms with Crippen molar-refractivity contribution in [3.05, 3.63) is 0 Å². The van der Waals surface area contributed by atoms with E-state index in [1.54, 1.807) is 19.3 Å². The SMILES string of the molecule is CC(C)CC(C)C.CC1(C)CCC1.CC1CC(C)C1.CC1CCCC1.CC1CC[C@H]1C.CCC1CCC1.CCCCC(C)C.CCCCC(C)C.CCCCCCC.CCC[C@H](C)CC.C[C@H]1CC12CC2. The van der Waals surface area contributed by atoms with Gasteiger partial charge in [0.2, 0.25) is 0 Å². The van der Waals surface area contributed by atoms with E-state index in [9.17, 15) is 0 Å². The van der Waals surface area contributed by atoms with Gasteiger partial charge in [-0.15, -0.1) is 0 Å². The lowest BCUT2D eigenvalue weighted by molar-refractivity contribution is 0.190. The second-order valence-electron chi connectivity index (χ2n) is 28.3. The Morgan fingerprint density at radius 2 is 0.803 bits per heavy atom. The van der Waals surface area contributed by atoms with Gasteiger partial charge in [-0.1, -0.05) is 327 Å². The van der Waals surface area contributed by atoms with E-state index in [1.807, 2.05) is 0 Å². The molecule has 1 unspecified atom stereocenters. The first-order chi connectivity index (χ1) is 33.3. The summed E-state index contributed by atoms with van der Waals surface area (Å²) in [6.07, 6.45) is 47.5. The van der Waals surface area contributed by atoms with E-state index < -0.39 is 0 Å². The van der Waals surface area contributed by atoms with Gasteiger partial charge in [-0.05, 0) is 133 Å². The highest BCUT2D eigenvalue weighted by molar-refractivity contribution is 5.10. The van der Waals surface area contributed by atoms with Crippen molar-refractivity contribution in [2.24, 2.45) is 81.8 Å². The second-order valence-corrected chi connectivity index (χ2v) is 28.3. The van der Waals surface area contributed by atoms with Crippen LogP contribution in [0, 0.1) is 81.8 Å². The van der Waals surface area contributed by atoms with E-state index in [4.69, 9.17) is 0 Å². The van der Waals surface area contributed by atoms with Crippen molar-refractivity contribution in [2.75, 3.05) is 0 Å². The summed E-state index contributed by atoms with van der Waals surface area (Å²) in [5, 5.41) is 0. The second kappa shape index (κ2) is 50.8. The van der Waals surface area contributed by atoms with Crippen LogP contribution in [0.2, 0.25) is 0 Å². The summed E-state index contributed by atoms with van der Waals surface area (Å²) in [5.41, 5.74) is 1.68. The molecular weight excluding hydrogens is 853 g/mol. The highest BCUT2D eigenvalue weighted by Crippen LogP contribution is 2.70. The van der Waals surface area contributed by atoms with Gasteiger partial charge < -0.3 is 0 Å². The minimum absolute atomic E-state index is 0.722. The van der Waals surface area contributed by atoms with E-state index in [-0.39, 0.29) is 0 Å². The molecule has 0 saturated heterocycles. The van der Waals surface area contributed by atoms with E-state index in [0.29, 0.717) is 0 Å². The molecule has 0 aliphatic heterocycles. The highest BCUT2D eigenvalue weighted by Gasteiger charge is 2.59. The first-order valence-corrected chi connectivity index (χ1v) is 33.3. The zero-order valence-electron chi connectivity index (χ0n) is 55.3. The topological polar surface area (TPSA) is 0 Å². The molecule has 7 aliphatic rings. The van der Waals surface area contributed by atoms with Crippen molar-refractivity contribution in [1.29, 1.82) is 0 Å². The number of unbranched alkanes of at least 4 members (excludes halogenated alkanes) is 6. The van der Waals surface area contributed by atoms with E-state index >= 15 is 0 Å². The van der Waals surface area contributed by atoms with Crippen LogP contribution in [0.1, 0.15) is 378 Å². The summed E-state index contributed by atoms with van der Waals surface area (Å²) in [4.78, 5) is 0. The molecule has 7 aliphatic carbocycles. The largest absolute Gasteiger partial charge is 0.0654 e. The fourth-order valence-electron chi connectivity index (χ4n) is 10.0. The third kappa shape index (κ3) is 57.5. The van der Waals surface area contributed by atoms with Gasteiger partial charge in [-0.2, -0.15) is 0 Å². The summed E-state index contributed by atoms with van der Waals surface area (Å²) in [6.45, 7) is 54.9. The quantitative estimate of drug-likeness (QED) is 0.135. The molecule has 0 heteroatoms. The van der Waals surface area contributed by atoms with Gasteiger partial charge in [-0.3, -0.25) is 0 Å². The first-order valence-electron chi connectivity index (χ1n) is 33.3. The van der Waals surface area contributed by atoms with Gasteiger partial charge in [0.1, 0.15) is 0 Å². The van der Waals surface area contributed by atoms with Gasteiger partial charge >= 0.3 is 0 Å². The van der Waals surface area contributed by atoms with Gasteiger partial charge in [0.15, 0.2) is 0 Å². The van der Waals surface area contributed by atoms with Crippen LogP contribution < -0.4 is 0 Å². The molecule has 0 heterocycles.